The maximum absolute atomic E-state index is 13.1. The summed E-state index contributed by atoms with van der Waals surface area (Å²) in [5, 5.41) is 0. The smallest absolute Gasteiger partial charge is 0.187 e. The normalized spacial score (nSPS) is 23.4. The van der Waals surface area contributed by atoms with Crippen LogP contribution in [0.3, 0.4) is 0 Å². The summed E-state index contributed by atoms with van der Waals surface area (Å²) in [4.78, 5) is 0.461. The number of hydrogen-bond acceptors (Lipinski definition) is 2. The molecule has 1 unspecified atom stereocenters. The lowest BCUT2D eigenvalue weighted by molar-refractivity contribution is 0.488. The van der Waals surface area contributed by atoms with Gasteiger partial charge in [-0.15, -0.1) is 0 Å². The monoisotopic (exact) mass is 292 g/mol. The minimum absolute atomic E-state index is 0.461. The van der Waals surface area contributed by atoms with Gasteiger partial charge in [-0.2, -0.15) is 0 Å². The summed E-state index contributed by atoms with van der Waals surface area (Å²) in [7, 11) is -3.31. The molecule has 0 heterocycles. The van der Waals surface area contributed by atoms with Crippen molar-refractivity contribution in [3.63, 3.8) is 0 Å². The Hall–Kier alpha value is -1.09. The van der Waals surface area contributed by atoms with Crippen LogP contribution in [-0.4, -0.2) is 13.2 Å². The van der Waals surface area contributed by atoms with E-state index in [0.29, 0.717) is 4.90 Å². The molecule has 0 bridgehead atoms. The molecule has 1 aromatic rings. The maximum Gasteiger partial charge on any atom is 0.187 e. The molecular formula is C17H24O2S. The Kier molecular flexibility index (Phi) is 5.03. The van der Waals surface area contributed by atoms with Gasteiger partial charge in [0.05, 0.1) is 9.64 Å². The lowest BCUT2D eigenvalue weighted by atomic mass is 9.96. The second kappa shape index (κ2) is 6.57. The van der Waals surface area contributed by atoms with Crippen molar-refractivity contribution < 1.29 is 8.42 Å². The summed E-state index contributed by atoms with van der Waals surface area (Å²) < 4.78 is 25.5. The minimum atomic E-state index is -3.31. The van der Waals surface area contributed by atoms with Gasteiger partial charge in [0, 0.05) is 0 Å². The summed E-state index contributed by atoms with van der Waals surface area (Å²) in [6.07, 6.45) is 10.6. The average molecular weight is 292 g/mol. The third kappa shape index (κ3) is 2.98. The van der Waals surface area contributed by atoms with E-state index in [0.717, 1.165) is 44.9 Å². The molecule has 1 aliphatic rings. The van der Waals surface area contributed by atoms with E-state index >= 15 is 0 Å². The number of benzene rings is 1. The van der Waals surface area contributed by atoms with E-state index in [9.17, 15) is 8.42 Å². The van der Waals surface area contributed by atoms with Crippen LogP contribution in [0.4, 0.5) is 0 Å². The van der Waals surface area contributed by atoms with Crippen molar-refractivity contribution in [1.82, 2.24) is 0 Å². The Morgan fingerprint density at radius 1 is 1.15 bits per heavy atom. The fourth-order valence-corrected chi connectivity index (χ4v) is 5.03. The first-order valence-electron chi connectivity index (χ1n) is 7.60. The largest absolute Gasteiger partial charge is 0.223 e. The van der Waals surface area contributed by atoms with Gasteiger partial charge in [-0.1, -0.05) is 56.5 Å². The summed E-state index contributed by atoms with van der Waals surface area (Å²) in [5.41, 5.74) is 0. The quantitative estimate of drug-likeness (QED) is 0.748. The Labute approximate surface area is 122 Å². The molecular weight excluding hydrogens is 268 g/mol. The van der Waals surface area contributed by atoms with Crippen molar-refractivity contribution in [2.45, 2.75) is 61.5 Å². The van der Waals surface area contributed by atoms with E-state index in [2.05, 4.69) is 13.0 Å². The molecule has 0 spiro atoms. The van der Waals surface area contributed by atoms with Crippen LogP contribution in [0.2, 0.25) is 0 Å². The molecule has 20 heavy (non-hydrogen) atoms. The van der Waals surface area contributed by atoms with Gasteiger partial charge in [0.2, 0.25) is 0 Å². The zero-order valence-corrected chi connectivity index (χ0v) is 13.0. The number of allylic oxidation sites excluding steroid dienone is 1. The predicted octanol–water partition coefficient (Wildman–Crippen LogP) is 4.52. The highest BCUT2D eigenvalue weighted by atomic mass is 32.2. The molecule has 0 aromatic heterocycles. The van der Waals surface area contributed by atoms with Gasteiger partial charge in [-0.05, 0) is 37.8 Å². The van der Waals surface area contributed by atoms with Crippen LogP contribution in [0.5, 0.6) is 0 Å². The molecule has 1 atom stereocenters. The Bertz CT molecular complexity index is 546. The second-order valence-electron chi connectivity index (χ2n) is 5.63. The van der Waals surface area contributed by atoms with Gasteiger partial charge in [0.25, 0.3) is 0 Å². The van der Waals surface area contributed by atoms with E-state index in [4.69, 9.17) is 0 Å². The van der Waals surface area contributed by atoms with Crippen LogP contribution in [0, 0.1) is 0 Å². The molecule has 110 valence electrons. The third-order valence-electron chi connectivity index (χ3n) is 4.18. The summed E-state index contributed by atoms with van der Waals surface area (Å²) >= 11 is 0. The van der Waals surface area contributed by atoms with Gasteiger partial charge < -0.3 is 0 Å². The molecule has 2 nitrogen and oxygen atoms in total. The molecule has 0 amide bonds. The summed E-state index contributed by atoms with van der Waals surface area (Å²) in [6.45, 7) is 2.11. The first kappa shape index (κ1) is 15.3. The molecule has 0 fully saturated rings. The number of unbranched alkanes of at least 4 members (excludes halogenated alkanes) is 1. The number of rotatable bonds is 5. The van der Waals surface area contributed by atoms with Gasteiger partial charge in [-0.3, -0.25) is 0 Å². The van der Waals surface area contributed by atoms with E-state index in [1.165, 1.54) is 0 Å². The molecule has 3 heteroatoms. The minimum Gasteiger partial charge on any atom is -0.223 e. The highest BCUT2D eigenvalue weighted by Crippen LogP contribution is 2.38. The fourth-order valence-electron chi connectivity index (χ4n) is 2.94. The Balaban J connectivity index is 2.45. The lowest BCUT2D eigenvalue weighted by Crippen LogP contribution is -2.36. The Morgan fingerprint density at radius 2 is 1.90 bits per heavy atom. The van der Waals surface area contributed by atoms with Gasteiger partial charge in [0.15, 0.2) is 9.84 Å². The van der Waals surface area contributed by atoms with E-state index < -0.39 is 14.6 Å². The topological polar surface area (TPSA) is 34.1 Å². The lowest BCUT2D eigenvalue weighted by Gasteiger charge is -2.30. The van der Waals surface area contributed by atoms with E-state index in [1.54, 1.807) is 24.3 Å². The first-order valence-corrected chi connectivity index (χ1v) is 9.08. The van der Waals surface area contributed by atoms with Crippen LogP contribution < -0.4 is 0 Å². The van der Waals surface area contributed by atoms with Gasteiger partial charge >= 0.3 is 0 Å². The van der Waals surface area contributed by atoms with Crippen LogP contribution in [0.15, 0.2) is 47.4 Å². The summed E-state index contributed by atoms with van der Waals surface area (Å²) in [5.74, 6) is 0. The maximum atomic E-state index is 13.1. The number of hydrogen-bond donors (Lipinski definition) is 0. The highest BCUT2D eigenvalue weighted by molar-refractivity contribution is 7.93. The zero-order chi connectivity index (χ0) is 14.5. The molecule has 0 N–H and O–H groups in total. The third-order valence-corrected chi connectivity index (χ3v) is 6.69. The predicted molar refractivity (Wildman–Crippen MR) is 83.5 cm³/mol. The van der Waals surface area contributed by atoms with Gasteiger partial charge in [0.1, 0.15) is 0 Å². The van der Waals surface area contributed by atoms with Crippen molar-refractivity contribution in [2.24, 2.45) is 0 Å². The van der Waals surface area contributed by atoms with Crippen LogP contribution >= 0.6 is 0 Å². The second-order valence-corrected chi connectivity index (χ2v) is 7.92. The molecule has 1 aromatic carbocycles. The van der Waals surface area contributed by atoms with E-state index in [1.807, 2.05) is 12.1 Å². The van der Waals surface area contributed by atoms with Crippen molar-refractivity contribution in [3.05, 3.63) is 42.5 Å². The van der Waals surface area contributed by atoms with Crippen LogP contribution in [-0.2, 0) is 9.84 Å². The van der Waals surface area contributed by atoms with Crippen molar-refractivity contribution in [1.29, 1.82) is 0 Å². The highest BCUT2D eigenvalue weighted by Gasteiger charge is 2.41. The molecule has 0 aliphatic heterocycles. The molecule has 0 radical (unpaired) electrons. The molecule has 0 saturated heterocycles. The van der Waals surface area contributed by atoms with Crippen LogP contribution in [0.1, 0.15) is 51.9 Å². The summed E-state index contributed by atoms with van der Waals surface area (Å²) in [6, 6.07) is 8.92. The van der Waals surface area contributed by atoms with E-state index in [-0.39, 0.29) is 0 Å². The van der Waals surface area contributed by atoms with Crippen molar-refractivity contribution in [3.8, 4) is 0 Å². The molecule has 1 aliphatic carbocycles. The number of sulfone groups is 1. The van der Waals surface area contributed by atoms with Crippen LogP contribution in [0.25, 0.3) is 0 Å². The first-order chi connectivity index (χ1) is 9.62. The van der Waals surface area contributed by atoms with Gasteiger partial charge in [-0.25, -0.2) is 8.42 Å². The van der Waals surface area contributed by atoms with Crippen molar-refractivity contribution >= 4 is 9.84 Å². The fraction of sp³-hybridized carbons (Fsp3) is 0.529. The Morgan fingerprint density at radius 3 is 2.60 bits per heavy atom. The molecule has 2 rings (SSSR count). The zero-order valence-electron chi connectivity index (χ0n) is 12.2. The SMILES string of the molecule is CCCCC1(S(=O)(=O)c2ccccc2)C=CCCCC1. The molecule has 0 saturated carbocycles. The average Bonchev–Trinajstić information content (AvgIpc) is 2.73. The van der Waals surface area contributed by atoms with Crippen molar-refractivity contribution in [2.75, 3.05) is 0 Å². The standard InChI is InChI=1S/C17H24O2S/c1-2-3-13-17(14-9-4-5-10-15-17)20(18,19)16-11-7-6-8-12-16/h6-9,11-12,14H,2-5,10,13,15H2,1H3.